The van der Waals surface area contributed by atoms with Crippen molar-refractivity contribution in [2.24, 2.45) is 0 Å². The quantitative estimate of drug-likeness (QED) is 0.581. The Morgan fingerprint density at radius 1 is 1.42 bits per heavy atom. The standard InChI is InChI=1S/C15H16INO2/c1-4-5-10-15(3)11(2)17(14(18)19-15)13-8-6-12(16)7-9-13/h4-9H,2,10H2,1,3H3/b5-4-/t15-/m1/s1. The maximum absolute atomic E-state index is 12.1. The van der Waals surface area contributed by atoms with Gasteiger partial charge in [-0.25, -0.2) is 9.69 Å². The fourth-order valence-corrected chi connectivity index (χ4v) is 2.36. The summed E-state index contributed by atoms with van der Waals surface area (Å²) in [5.41, 5.74) is 0.809. The third-order valence-corrected chi connectivity index (χ3v) is 3.92. The number of rotatable bonds is 3. The van der Waals surface area contributed by atoms with Crippen LogP contribution in [0.2, 0.25) is 0 Å². The monoisotopic (exact) mass is 369 g/mol. The molecule has 0 N–H and O–H groups in total. The molecule has 0 bridgehead atoms. The second-order valence-electron chi connectivity index (χ2n) is 4.63. The van der Waals surface area contributed by atoms with Crippen LogP contribution in [-0.2, 0) is 4.74 Å². The fourth-order valence-electron chi connectivity index (χ4n) is 2.00. The highest BCUT2D eigenvalue weighted by molar-refractivity contribution is 14.1. The van der Waals surface area contributed by atoms with Gasteiger partial charge < -0.3 is 4.74 Å². The van der Waals surface area contributed by atoms with Crippen LogP contribution in [0.5, 0.6) is 0 Å². The summed E-state index contributed by atoms with van der Waals surface area (Å²) in [6.07, 6.45) is 4.20. The summed E-state index contributed by atoms with van der Waals surface area (Å²) in [4.78, 5) is 13.6. The van der Waals surface area contributed by atoms with Crippen molar-refractivity contribution in [3.8, 4) is 0 Å². The van der Waals surface area contributed by atoms with E-state index < -0.39 is 5.60 Å². The molecule has 0 saturated carbocycles. The number of nitrogens with zero attached hydrogens (tertiary/aromatic N) is 1. The van der Waals surface area contributed by atoms with Gasteiger partial charge in [-0.2, -0.15) is 0 Å². The lowest BCUT2D eigenvalue weighted by Gasteiger charge is -2.22. The molecule has 3 nitrogen and oxygen atoms in total. The van der Waals surface area contributed by atoms with Crippen LogP contribution in [-0.4, -0.2) is 11.7 Å². The molecule has 19 heavy (non-hydrogen) atoms. The molecule has 1 aliphatic rings. The number of halogens is 1. The molecule has 1 heterocycles. The number of benzene rings is 1. The van der Waals surface area contributed by atoms with Crippen molar-refractivity contribution in [3.63, 3.8) is 0 Å². The topological polar surface area (TPSA) is 29.5 Å². The smallest absolute Gasteiger partial charge is 0.419 e. The highest BCUT2D eigenvalue weighted by atomic mass is 127. The minimum Gasteiger partial charge on any atom is -0.436 e. The maximum Gasteiger partial charge on any atom is 0.419 e. The van der Waals surface area contributed by atoms with Gasteiger partial charge in [0.25, 0.3) is 0 Å². The Balaban J connectivity index is 2.30. The highest BCUT2D eigenvalue weighted by Gasteiger charge is 2.45. The third kappa shape index (κ3) is 2.68. The first-order chi connectivity index (χ1) is 8.98. The normalized spacial score (nSPS) is 23.2. The van der Waals surface area contributed by atoms with Gasteiger partial charge in [-0.1, -0.05) is 18.7 Å². The SMILES string of the molecule is C=C1N(c2ccc(I)cc2)C(=O)O[C@]1(C)C/C=C\C. The number of anilines is 1. The van der Waals surface area contributed by atoms with Crippen LogP contribution in [0.1, 0.15) is 20.3 Å². The number of carbonyl (C=O) groups excluding carboxylic acids is 1. The van der Waals surface area contributed by atoms with E-state index in [0.717, 1.165) is 9.26 Å². The summed E-state index contributed by atoms with van der Waals surface area (Å²) in [6.45, 7) is 7.87. The number of hydrogen-bond donors (Lipinski definition) is 0. The Bertz CT molecular complexity index is 536. The summed E-state index contributed by atoms with van der Waals surface area (Å²) in [5.74, 6) is 0. The van der Waals surface area contributed by atoms with E-state index in [4.69, 9.17) is 4.74 Å². The molecule has 0 aromatic heterocycles. The van der Waals surface area contributed by atoms with Gasteiger partial charge in [0.2, 0.25) is 0 Å². The number of hydrogen-bond acceptors (Lipinski definition) is 2. The van der Waals surface area contributed by atoms with Crippen LogP contribution in [0, 0.1) is 3.57 Å². The van der Waals surface area contributed by atoms with Gasteiger partial charge >= 0.3 is 6.09 Å². The average Bonchev–Trinajstić information content (AvgIpc) is 2.60. The van der Waals surface area contributed by atoms with Crippen molar-refractivity contribution in [2.45, 2.75) is 25.9 Å². The van der Waals surface area contributed by atoms with Crippen molar-refractivity contribution in [2.75, 3.05) is 4.90 Å². The summed E-state index contributed by atoms with van der Waals surface area (Å²) in [6, 6.07) is 7.71. The van der Waals surface area contributed by atoms with E-state index in [9.17, 15) is 4.79 Å². The number of cyclic esters (lactones) is 1. The van der Waals surface area contributed by atoms with Gasteiger partial charge in [0.05, 0.1) is 11.4 Å². The molecule has 1 aromatic carbocycles. The van der Waals surface area contributed by atoms with Crippen molar-refractivity contribution in [3.05, 3.63) is 52.3 Å². The summed E-state index contributed by atoms with van der Waals surface area (Å²) >= 11 is 2.23. The Morgan fingerprint density at radius 2 is 2.05 bits per heavy atom. The molecule has 0 unspecified atom stereocenters. The number of ether oxygens (including phenoxy) is 1. The third-order valence-electron chi connectivity index (χ3n) is 3.20. The van der Waals surface area contributed by atoms with Crippen LogP contribution < -0.4 is 4.90 Å². The summed E-state index contributed by atoms with van der Waals surface area (Å²) in [7, 11) is 0. The molecule has 1 fully saturated rings. The van der Waals surface area contributed by atoms with Gasteiger partial charge in [0, 0.05) is 9.99 Å². The second-order valence-corrected chi connectivity index (χ2v) is 5.88. The van der Waals surface area contributed by atoms with Crippen molar-refractivity contribution in [1.29, 1.82) is 0 Å². The molecule has 1 amide bonds. The van der Waals surface area contributed by atoms with Crippen LogP contribution >= 0.6 is 22.6 Å². The minimum absolute atomic E-state index is 0.363. The van der Waals surface area contributed by atoms with Gasteiger partial charge in [-0.05, 0) is 60.7 Å². The highest BCUT2D eigenvalue weighted by Crippen LogP contribution is 2.38. The Hall–Kier alpha value is -1.30. The van der Waals surface area contributed by atoms with Crippen molar-refractivity contribution < 1.29 is 9.53 Å². The maximum atomic E-state index is 12.1. The van der Waals surface area contributed by atoms with Gasteiger partial charge in [-0.3, -0.25) is 0 Å². The minimum atomic E-state index is -0.660. The predicted octanol–water partition coefficient (Wildman–Crippen LogP) is 4.49. The summed E-state index contributed by atoms with van der Waals surface area (Å²) < 4.78 is 6.62. The zero-order valence-corrected chi connectivity index (χ0v) is 13.2. The van der Waals surface area contributed by atoms with Crippen LogP contribution in [0.15, 0.2) is 48.7 Å². The van der Waals surface area contributed by atoms with E-state index in [2.05, 4.69) is 29.2 Å². The zero-order chi connectivity index (χ0) is 14.0. The van der Waals surface area contributed by atoms with Crippen LogP contribution in [0.4, 0.5) is 10.5 Å². The second kappa shape index (κ2) is 5.36. The fraction of sp³-hybridized carbons (Fsp3) is 0.267. The lowest BCUT2D eigenvalue weighted by molar-refractivity contribution is 0.0873. The molecule has 2 rings (SSSR count). The van der Waals surface area contributed by atoms with E-state index in [0.29, 0.717) is 12.1 Å². The molecule has 1 atom stereocenters. The van der Waals surface area contributed by atoms with E-state index in [1.165, 1.54) is 0 Å². The number of amides is 1. The predicted molar refractivity (Wildman–Crippen MR) is 85.1 cm³/mol. The molecule has 0 aliphatic carbocycles. The van der Waals surface area contributed by atoms with E-state index in [1.807, 2.05) is 50.3 Å². The first-order valence-corrected chi connectivity index (χ1v) is 7.15. The number of carbonyl (C=O) groups is 1. The van der Waals surface area contributed by atoms with Crippen molar-refractivity contribution >= 4 is 34.4 Å². The lowest BCUT2D eigenvalue weighted by atomic mass is 9.98. The van der Waals surface area contributed by atoms with E-state index in [-0.39, 0.29) is 6.09 Å². The molecule has 1 aliphatic heterocycles. The van der Waals surface area contributed by atoms with Crippen LogP contribution in [0.25, 0.3) is 0 Å². The van der Waals surface area contributed by atoms with Gasteiger partial charge in [0.15, 0.2) is 5.60 Å². The zero-order valence-electron chi connectivity index (χ0n) is 11.0. The molecule has 1 aromatic rings. The van der Waals surface area contributed by atoms with Crippen LogP contribution in [0.3, 0.4) is 0 Å². The largest absolute Gasteiger partial charge is 0.436 e. The molecule has 0 radical (unpaired) electrons. The Kier molecular flexibility index (Phi) is 3.99. The molecule has 1 saturated heterocycles. The lowest BCUT2D eigenvalue weighted by Crippen LogP contribution is -2.27. The molecule has 4 heteroatoms. The van der Waals surface area contributed by atoms with Gasteiger partial charge in [-0.15, -0.1) is 0 Å². The molecule has 100 valence electrons. The summed E-state index contributed by atoms with van der Waals surface area (Å²) in [5, 5.41) is 0. The van der Waals surface area contributed by atoms with E-state index >= 15 is 0 Å². The molecular formula is C15H16INO2. The van der Waals surface area contributed by atoms with Crippen molar-refractivity contribution in [1.82, 2.24) is 0 Å². The molecule has 0 spiro atoms. The van der Waals surface area contributed by atoms with Gasteiger partial charge in [0.1, 0.15) is 0 Å². The number of allylic oxidation sites excluding steroid dienone is 1. The first-order valence-electron chi connectivity index (χ1n) is 6.07. The average molecular weight is 369 g/mol. The Labute approximate surface area is 127 Å². The Morgan fingerprint density at radius 3 is 2.63 bits per heavy atom. The van der Waals surface area contributed by atoms with E-state index in [1.54, 1.807) is 4.90 Å². The molecular weight excluding hydrogens is 353 g/mol. The first kappa shape index (κ1) is 14.1.